The van der Waals surface area contributed by atoms with Gasteiger partial charge < -0.3 is 15.4 Å². The average Bonchev–Trinajstić information content (AvgIpc) is 2.93. The molecule has 0 spiro atoms. The second-order valence-corrected chi connectivity index (χ2v) is 5.80. The van der Waals surface area contributed by atoms with Crippen molar-refractivity contribution in [3.05, 3.63) is 45.9 Å². The van der Waals surface area contributed by atoms with Crippen molar-refractivity contribution in [3.8, 4) is 5.75 Å². The van der Waals surface area contributed by atoms with E-state index < -0.39 is 0 Å². The van der Waals surface area contributed by atoms with Gasteiger partial charge >= 0.3 is 0 Å². The van der Waals surface area contributed by atoms with Crippen LogP contribution in [-0.2, 0) is 13.1 Å². The Balaban J connectivity index is 1.84. The quantitative estimate of drug-likeness (QED) is 0.657. The molecule has 0 fully saturated rings. The third-order valence-electron chi connectivity index (χ3n) is 2.92. The molecule has 0 saturated carbocycles. The minimum absolute atomic E-state index is 0.693. The Morgan fingerprint density at radius 2 is 2.14 bits per heavy atom. The Morgan fingerprint density at radius 1 is 1.33 bits per heavy atom. The maximum Gasteiger partial charge on any atom is 0.191 e. The molecule has 0 bridgehead atoms. The van der Waals surface area contributed by atoms with Crippen molar-refractivity contribution < 1.29 is 4.74 Å². The largest absolute Gasteiger partial charge is 0.497 e. The van der Waals surface area contributed by atoms with Gasteiger partial charge in [0.15, 0.2) is 5.96 Å². The first kappa shape index (κ1) is 15.3. The summed E-state index contributed by atoms with van der Waals surface area (Å²) in [6.07, 6.45) is 1.89. The van der Waals surface area contributed by atoms with Crippen LogP contribution in [0, 0.1) is 6.92 Å². The van der Waals surface area contributed by atoms with E-state index in [1.807, 2.05) is 31.3 Å². The number of rotatable bonds is 5. The number of aliphatic imine (C=N–C) groups is 1. The second-order valence-electron chi connectivity index (χ2n) is 4.48. The van der Waals surface area contributed by atoms with Crippen LogP contribution in [0.15, 0.2) is 35.5 Å². The molecule has 0 saturated heterocycles. The van der Waals surface area contributed by atoms with E-state index in [2.05, 4.69) is 26.7 Å². The smallest absolute Gasteiger partial charge is 0.191 e. The van der Waals surface area contributed by atoms with E-state index in [0.717, 1.165) is 28.8 Å². The van der Waals surface area contributed by atoms with Crippen molar-refractivity contribution in [3.63, 3.8) is 0 Å². The molecule has 1 aromatic carbocycles. The highest BCUT2D eigenvalue weighted by Crippen LogP contribution is 2.12. The Morgan fingerprint density at radius 3 is 2.81 bits per heavy atom. The second kappa shape index (κ2) is 7.64. The van der Waals surface area contributed by atoms with E-state index in [1.54, 1.807) is 25.5 Å². The molecule has 0 aliphatic heterocycles. The van der Waals surface area contributed by atoms with Gasteiger partial charge in [0.05, 0.1) is 18.7 Å². The number of thiazole rings is 1. The fraction of sp³-hybridized carbons (Fsp3) is 0.333. The zero-order valence-corrected chi connectivity index (χ0v) is 13.3. The van der Waals surface area contributed by atoms with E-state index in [-0.39, 0.29) is 0 Å². The van der Waals surface area contributed by atoms with Gasteiger partial charge in [0.2, 0.25) is 0 Å². The number of hydrogen-bond donors (Lipinski definition) is 2. The lowest BCUT2D eigenvalue weighted by molar-refractivity contribution is 0.414. The monoisotopic (exact) mass is 304 g/mol. The summed E-state index contributed by atoms with van der Waals surface area (Å²) in [5.41, 5.74) is 1.14. The van der Waals surface area contributed by atoms with Crippen LogP contribution >= 0.6 is 11.3 Å². The predicted octanol–water partition coefficient (Wildman–Crippen LogP) is 2.33. The highest BCUT2D eigenvalue weighted by molar-refractivity contribution is 7.11. The van der Waals surface area contributed by atoms with Gasteiger partial charge in [-0.3, -0.25) is 4.99 Å². The number of methoxy groups -OCH3 is 1. The van der Waals surface area contributed by atoms with E-state index >= 15 is 0 Å². The highest BCUT2D eigenvalue weighted by atomic mass is 32.1. The fourth-order valence-corrected chi connectivity index (χ4v) is 2.58. The first-order valence-corrected chi connectivity index (χ1v) is 7.51. The third kappa shape index (κ3) is 4.75. The van der Waals surface area contributed by atoms with Gasteiger partial charge in [0, 0.05) is 24.7 Å². The van der Waals surface area contributed by atoms with Crippen LogP contribution in [0.25, 0.3) is 0 Å². The van der Waals surface area contributed by atoms with Gasteiger partial charge in [0.1, 0.15) is 5.75 Å². The van der Waals surface area contributed by atoms with Gasteiger partial charge in [-0.05, 0) is 24.6 Å². The molecule has 0 unspecified atom stereocenters. The summed E-state index contributed by atoms with van der Waals surface area (Å²) in [6, 6.07) is 7.97. The van der Waals surface area contributed by atoms with Crippen molar-refractivity contribution in [2.24, 2.45) is 4.99 Å². The van der Waals surface area contributed by atoms with Gasteiger partial charge in [-0.15, -0.1) is 11.3 Å². The van der Waals surface area contributed by atoms with Crippen LogP contribution in [0.1, 0.15) is 15.4 Å². The molecule has 21 heavy (non-hydrogen) atoms. The van der Waals surface area contributed by atoms with Gasteiger partial charge in [-0.1, -0.05) is 12.1 Å². The molecule has 0 aliphatic rings. The van der Waals surface area contributed by atoms with Crippen molar-refractivity contribution in [2.75, 3.05) is 14.2 Å². The number of ether oxygens (including phenoxy) is 1. The summed E-state index contributed by atoms with van der Waals surface area (Å²) in [6.45, 7) is 3.42. The molecular formula is C15H20N4OS. The fourth-order valence-electron chi connectivity index (χ4n) is 1.85. The first-order valence-electron chi connectivity index (χ1n) is 6.70. The van der Waals surface area contributed by atoms with Crippen LogP contribution < -0.4 is 15.4 Å². The van der Waals surface area contributed by atoms with Gasteiger partial charge in [-0.2, -0.15) is 0 Å². The Labute approximate surface area is 129 Å². The number of guanidine groups is 1. The average molecular weight is 304 g/mol. The SMILES string of the molecule is CN=C(NCc1cccc(OC)c1)NCc1cnc(C)s1. The van der Waals surface area contributed by atoms with Crippen LogP contribution in [-0.4, -0.2) is 25.1 Å². The summed E-state index contributed by atoms with van der Waals surface area (Å²) in [5.74, 6) is 1.63. The Hall–Kier alpha value is -2.08. The molecule has 5 nitrogen and oxygen atoms in total. The van der Waals surface area contributed by atoms with E-state index in [0.29, 0.717) is 6.54 Å². The molecule has 0 radical (unpaired) electrons. The third-order valence-corrected chi connectivity index (χ3v) is 3.83. The maximum atomic E-state index is 5.22. The topological polar surface area (TPSA) is 58.5 Å². The lowest BCUT2D eigenvalue weighted by Crippen LogP contribution is -2.36. The summed E-state index contributed by atoms with van der Waals surface area (Å²) in [7, 11) is 3.43. The lowest BCUT2D eigenvalue weighted by atomic mass is 10.2. The summed E-state index contributed by atoms with van der Waals surface area (Å²) in [5, 5.41) is 7.63. The van der Waals surface area contributed by atoms with Crippen molar-refractivity contribution >= 4 is 17.3 Å². The van der Waals surface area contributed by atoms with Crippen LogP contribution in [0.4, 0.5) is 0 Å². The molecule has 1 aromatic heterocycles. The Kier molecular flexibility index (Phi) is 5.57. The molecule has 1 heterocycles. The number of nitrogens with zero attached hydrogens (tertiary/aromatic N) is 2. The van der Waals surface area contributed by atoms with Gasteiger partial charge in [-0.25, -0.2) is 4.98 Å². The van der Waals surface area contributed by atoms with Crippen LogP contribution in [0.3, 0.4) is 0 Å². The minimum Gasteiger partial charge on any atom is -0.497 e. The zero-order valence-electron chi connectivity index (χ0n) is 12.5. The summed E-state index contributed by atoms with van der Waals surface area (Å²) in [4.78, 5) is 9.64. The summed E-state index contributed by atoms with van der Waals surface area (Å²) < 4.78 is 5.22. The van der Waals surface area contributed by atoms with Crippen molar-refractivity contribution in [2.45, 2.75) is 20.0 Å². The predicted molar refractivity (Wildman–Crippen MR) is 86.9 cm³/mol. The number of hydrogen-bond acceptors (Lipinski definition) is 4. The standard InChI is InChI=1S/C15H20N4OS/c1-11-17-9-14(21-11)10-19-15(16-2)18-8-12-5-4-6-13(7-12)20-3/h4-7,9H,8,10H2,1-3H3,(H2,16,18,19). The molecule has 112 valence electrons. The van der Waals surface area contributed by atoms with Crippen LogP contribution in [0.2, 0.25) is 0 Å². The van der Waals surface area contributed by atoms with E-state index in [4.69, 9.17) is 4.74 Å². The molecule has 2 N–H and O–H groups in total. The number of aromatic nitrogens is 1. The molecule has 2 aromatic rings. The number of aryl methyl sites for hydroxylation is 1. The molecule has 2 rings (SSSR count). The number of benzene rings is 1. The lowest BCUT2D eigenvalue weighted by Gasteiger charge is -2.11. The van der Waals surface area contributed by atoms with E-state index in [9.17, 15) is 0 Å². The van der Waals surface area contributed by atoms with Gasteiger partial charge in [0.25, 0.3) is 0 Å². The molecule has 0 atom stereocenters. The zero-order chi connectivity index (χ0) is 15.1. The van der Waals surface area contributed by atoms with Crippen molar-refractivity contribution in [1.82, 2.24) is 15.6 Å². The maximum absolute atomic E-state index is 5.22. The minimum atomic E-state index is 0.693. The number of nitrogens with one attached hydrogen (secondary N) is 2. The van der Waals surface area contributed by atoms with E-state index in [1.165, 1.54) is 4.88 Å². The normalized spacial score (nSPS) is 11.3. The van der Waals surface area contributed by atoms with Crippen molar-refractivity contribution in [1.29, 1.82) is 0 Å². The molecule has 0 aliphatic carbocycles. The molecule has 6 heteroatoms. The molecule has 0 amide bonds. The van der Waals surface area contributed by atoms with Crippen LogP contribution in [0.5, 0.6) is 5.75 Å². The highest BCUT2D eigenvalue weighted by Gasteiger charge is 2.02. The molecular weight excluding hydrogens is 284 g/mol. The Bertz CT molecular complexity index is 609. The summed E-state index contributed by atoms with van der Waals surface area (Å²) >= 11 is 1.69. The first-order chi connectivity index (χ1) is 10.2.